The smallest absolute Gasteiger partial charge is 0.336 e. The van der Waals surface area contributed by atoms with Gasteiger partial charge < -0.3 is 9.52 Å². The van der Waals surface area contributed by atoms with E-state index in [0.717, 1.165) is 6.21 Å². The number of hydrogen-bond donors (Lipinski definition) is 2. The molecule has 26 heavy (non-hydrogen) atoms. The number of fused-ring (bicyclic) bond motifs is 1. The Hall–Kier alpha value is -4.01. The number of rotatable bonds is 4. The lowest BCUT2D eigenvalue weighted by molar-refractivity contribution is -0.384. The van der Waals surface area contributed by atoms with Crippen molar-refractivity contribution in [2.45, 2.75) is 0 Å². The molecule has 9 heteroatoms. The van der Waals surface area contributed by atoms with Gasteiger partial charge in [-0.1, -0.05) is 0 Å². The zero-order chi connectivity index (χ0) is 18.7. The van der Waals surface area contributed by atoms with Crippen LogP contribution in [0, 0.1) is 10.1 Å². The van der Waals surface area contributed by atoms with Gasteiger partial charge in [-0.3, -0.25) is 14.9 Å². The highest BCUT2D eigenvalue weighted by Crippen LogP contribution is 2.24. The summed E-state index contributed by atoms with van der Waals surface area (Å²) in [6.07, 6.45) is 1.14. The van der Waals surface area contributed by atoms with E-state index in [1.807, 2.05) is 0 Å². The second-order valence-corrected chi connectivity index (χ2v) is 5.17. The normalized spacial score (nSPS) is 10.9. The number of nitro groups is 1. The van der Waals surface area contributed by atoms with Crippen LogP contribution in [-0.2, 0) is 0 Å². The molecule has 0 aliphatic heterocycles. The lowest BCUT2D eigenvalue weighted by atomic mass is 10.1. The van der Waals surface area contributed by atoms with Crippen molar-refractivity contribution in [1.29, 1.82) is 0 Å². The topological polar surface area (TPSA) is 135 Å². The number of non-ortho nitro benzene ring substituents is 1. The molecule has 0 bridgehead atoms. The maximum absolute atomic E-state index is 12.0. The standard InChI is InChI=1S/C17H11N3O6/c21-14-7-3-10-4-8-15(22)26-16(10)13(14)9-18-19-17(23)11-1-5-12(6-2-11)20(24)25/h1-9,21H,(H,19,23)/b18-9+. The summed E-state index contributed by atoms with van der Waals surface area (Å²) >= 11 is 0. The summed E-state index contributed by atoms with van der Waals surface area (Å²) in [7, 11) is 0. The predicted molar refractivity (Wildman–Crippen MR) is 92.3 cm³/mol. The molecule has 0 unspecified atom stereocenters. The molecule has 1 amide bonds. The molecule has 1 heterocycles. The molecule has 3 aromatic rings. The van der Waals surface area contributed by atoms with E-state index >= 15 is 0 Å². The van der Waals surface area contributed by atoms with Gasteiger partial charge in [0, 0.05) is 29.1 Å². The number of carbonyl (C=O) groups is 1. The van der Waals surface area contributed by atoms with Crippen molar-refractivity contribution in [2.24, 2.45) is 5.10 Å². The first kappa shape index (κ1) is 16.8. The van der Waals surface area contributed by atoms with Crippen LogP contribution in [0.15, 0.2) is 62.8 Å². The second kappa shape index (κ2) is 6.85. The number of benzene rings is 2. The number of hydrogen-bond acceptors (Lipinski definition) is 7. The molecule has 0 aliphatic carbocycles. The summed E-state index contributed by atoms with van der Waals surface area (Å²) in [5, 5.41) is 24.8. The number of amides is 1. The van der Waals surface area contributed by atoms with E-state index in [1.54, 1.807) is 6.07 Å². The van der Waals surface area contributed by atoms with Crippen molar-refractivity contribution in [3.05, 3.63) is 80.2 Å². The molecule has 0 spiro atoms. The molecule has 0 atom stereocenters. The number of phenolic OH excluding ortho intramolecular Hbond substituents is 1. The number of aromatic hydroxyl groups is 1. The molecular formula is C17H11N3O6. The SMILES string of the molecule is O=C(N/N=C/c1c(O)ccc2ccc(=O)oc12)c1ccc([N+](=O)[O-])cc1. The Labute approximate surface area is 145 Å². The van der Waals surface area contributed by atoms with Crippen molar-refractivity contribution in [1.82, 2.24) is 5.43 Å². The van der Waals surface area contributed by atoms with Gasteiger partial charge >= 0.3 is 5.63 Å². The van der Waals surface area contributed by atoms with Crippen LogP contribution in [0.2, 0.25) is 0 Å². The Morgan fingerprint density at radius 1 is 1.15 bits per heavy atom. The van der Waals surface area contributed by atoms with Crippen molar-refractivity contribution in [3.63, 3.8) is 0 Å². The zero-order valence-corrected chi connectivity index (χ0v) is 13.1. The monoisotopic (exact) mass is 353 g/mol. The average molecular weight is 353 g/mol. The van der Waals surface area contributed by atoms with Crippen LogP contribution in [0.5, 0.6) is 5.75 Å². The van der Waals surface area contributed by atoms with Gasteiger partial charge in [-0.15, -0.1) is 0 Å². The number of nitrogens with one attached hydrogen (secondary N) is 1. The van der Waals surface area contributed by atoms with Crippen molar-refractivity contribution >= 4 is 28.8 Å². The van der Waals surface area contributed by atoms with E-state index in [0.29, 0.717) is 5.39 Å². The highest BCUT2D eigenvalue weighted by atomic mass is 16.6. The van der Waals surface area contributed by atoms with E-state index < -0.39 is 16.5 Å². The molecule has 0 saturated heterocycles. The van der Waals surface area contributed by atoms with Crippen LogP contribution >= 0.6 is 0 Å². The highest BCUT2D eigenvalue weighted by Gasteiger charge is 2.10. The quantitative estimate of drug-likeness (QED) is 0.319. The van der Waals surface area contributed by atoms with E-state index in [9.17, 15) is 24.8 Å². The van der Waals surface area contributed by atoms with Gasteiger partial charge in [0.2, 0.25) is 0 Å². The summed E-state index contributed by atoms with van der Waals surface area (Å²) in [5.41, 5.74) is 1.93. The highest BCUT2D eigenvalue weighted by molar-refractivity contribution is 6.00. The largest absolute Gasteiger partial charge is 0.507 e. The number of nitro benzene ring substituents is 1. The minimum atomic E-state index is -0.600. The lowest BCUT2D eigenvalue weighted by Gasteiger charge is -2.03. The number of hydrazone groups is 1. The minimum Gasteiger partial charge on any atom is -0.507 e. The fourth-order valence-electron chi connectivity index (χ4n) is 2.22. The molecule has 2 N–H and O–H groups in total. The van der Waals surface area contributed by atoms with E-state index in [4.69, 9.17) is 4.42 Å². The molecule has 0 aliphatic rings. The van der Waals surface area contributed by atoms with E-state index in [-0.39, 0.29) is 28.1 Å². The Morgan fingerprint density at radius 2 is 1.85 bits per heavy atom. The summed E-state index contributed by atoms with van der Waals surface area (Å²) in [6, 6.07) is 10.7. The van der Waals surface area contributed by atoms with Crippen LogP contribution in [-0.4, -0.2) is 22.2 Å². The molecule has 0 fully saturated rings. The van der Waals surface area contributed by atoms with Crippen LogP contribution in [0.1, 0.15) is 15.9 Å². The molecule has 130 valence electrons. The molecule has 0 radical (unpaired) electrons. The first-order valence-corrected chi connectivity index (χ1v) is 7.29. The van der Waals surface area contributed by atoms with Gasteiger partial charge in [-0.2, -0.15) is 5.10 Å². The summed E-state index contributed by atoms with van der Waals surface area (Å²) in [5.74, 6) is -0.780. The summed E-state index contributed by atoms with van der Waals surface area (Å²) in [4.78, 5) is 33.4. The third-order valence-electron chi connectivity index (χ3n) is 3.51. The molecule has 9 nitrogen and oxygen atoms in total. The average Bonchev–Trinajstić information content (AvgIpc) is 2.63. The van der Waals surface area contributed by atoms with Crippen LogP contribution in [0.3, 0.4) is 0 Å². The van der Waals surface area contributed by atoms with Crippen molar-refractivity contribution in [2.75, 3.05) is 0 Å². The van der Waals surface area contributed by atoms with Gasteiger partial charge in [-0.25, -0.2) is 10.2 Å². The van der Waals surface area contributed by atoms with Crippen molar-refractivity contribution in [3.8, 4) is 5.75 Å². The third-order valence-corrected chi connectivity index (χ3v) is 3.51. The van der Waals surface area contributed by atoms with Crippen molar-refractivity contribution < 1.29 is 19.2 Å². The maximum Gasteiger partial charge on any atom is 0.336 e. The number of nitrogens with zero attached hydrogens (tertiary/aromatic N) is 2. The minimum absolute atomic E-state index is 0.129. The Balaban J connectivity index is 1.82. The summed E-state index contributed by atoms with van der Waals surface area (Å²) in [6.45, 7) is 0. The zero-order valence-electron chi connectivity index (χ0n) is 13.1. The van der Waals surface area contributed by atoms with E-state index in [1.165, 1.54) is 42.5 Å². The molecule has 0 saturated carbocycles. The van der Waals surface area contributed by atoms with Crippen LogP contribution < -0.4 is 11.1 Å². The van der Waals surface area contributed by atoms with Gasteiger partial charge in [-0.05, 0) is 30.3 Å². The lowest BCUT2D eigenvalue weighted by Crippen LogP contribution is -2.17. The van der Waals surface area contributed by atoms with Crippen LogP contribution in [0.25, 0.3) is 11.0 Å². The van der Waals surface area contributed by atoms with E-state index in [2.05, 4.69) is 10.5 Å². The van der Waals surface area contributed by atoms with Gasteiger partial charge in [0.25, 0.3) is 11.6 Å². The predicted octanol–water partition coefficient (Wildman–Crippen LogP) is 2.17. The van der Waals surface area contributed by atoms with Gasteiger partial charge in [0.05, 0.1) is 16.7 Å². The Bertz CT molecular complexity index is 1090. The van der Waals surface area contributed by atoms with Crippen LogP contribution in [0.4, 0.5) is 5.69 Å². The Kier molecular flexibility index (Phi) is 4.44. The van der Waals surface area contributed by atoms with Gasteiger partial charge in [0.15, 0.2) is 5.58 Å². The third kappa shape index (κ3) is 3.41. The Morgan fingerprint density at radius 3 is 2.54 bits per heavy atom. The number of phenols is 1. The molecular weight excluding hydrogens is 342 g/mol. The molecule has 1 aromatic heterocycles. The molecule has 2 aromatic carbocycles. The van der Waals surface area contributed by atoms with Gasteiger partial charge in [0.1, 0.15) is 5.75 Å². The second-order valence-electron chi connectivity index (χ2n) is 5.17. The molecule has 3 rings (SSSR count). The maximum atomic E-state index is 12.0. The number of carbonyl (C=O) groups excluding carboxylic acids is 1. The first-order valence-electron chi connectivity index (χ1n) is 7.29. The first-order chi connectivity index (χ1) is 12.5. The fraction of sp³-hybridized carbons (Fsp3) is 0. The fourth-order valence-corrected chi connectivity index (χ4v) is 2.22. The summed E-state index contributed by atoms with van der Waals surface area (Å²) < 4.78 is 5.07.